The molecule has 0 radical (unpaired) electrons. The number of nitrogens with one attached hydrogen (secondary N) is 1. The van der Waals surface area contributed by atoms with E-state index in [1.807, 2.05) is 13.0 Å². The molecule has 15 nitrogen and oxygen atoms in total. The maximum Gasteiger partial charge on any atom is 0.336 e. The number of esters is 2. The van der Waals surface area contributed by atoms with Crippen LogP contribution in [-0.2, 0) is 41.4 Å². The van der Waals surface area contributed by atoms with E-state index in [1.165, 1.54) is 43.5 Å². The van der Waals surface area contributed by atoms with E-state index < -0.39 is 100.0 Å². The van der Waals surface area contributed by atoms with Crippen LogP contribution in [0.25, 0.3) is 6.08 Å². The number of carbonyl (C=O) groups is 4. The van der Waals surface area contributed by atoms with Gasteiger partial charge in [0.2, 0.25) is 5.60 Å². The lowest BCUT2D eigenvalue weighted by molar-refractivity contribution is -0.378. The number of benzene rings is 3. The highest BCUT2D eigenvalue weighted by molar-refractivity contribution is 6.06. The summed E-state index contributed by atoms with van der Waals surface area (Å²) in [7, 11) is 1.35. The number of phenolic OH excluding ortho intramolecular Hbond substituents is 4. The van der Waals surface area contributed by atoms with Crippen LogP contribution in [0.4, 0.5) is 0 Å². The zero-order chi connectivity index (χ0) is 39.9. The number of aromatic hydroxyl groups is 4. The van der Waals surface area contributed by atoms with Gasteiger partial charge in [-0.05, 0) is 73.0 Å². The number of aliphatic carboxylic acids is 1. The monoisotopic (exact) mass is 759 g/mol. The van der Waals surface area contributed by atoms with Crippen molar-refractivity contribution in [3.63, 3.8) is 0 Å². The van der Waals surface area contributed by atoms with E-state index in [1.54, 1.807) is 18.2 Å². The molecule has 3 aromatic rings. The molecule has 7 unspecified atom stereocenters. The Bertz CT molecular complexity index is 2100. The Hall–Kier alpha value is -5.74. The molecule has 1 saturated heterocycles. The van der Waals surface area contributed by atoms with E-state index in [0.717, 1.165) is 29.8 Å². The van der Waals surface area contributed by atoms with Gasteiger partial charge < -0.3 is 50.0 Å². The van der Waals surface area contributed by atoms with Gasteiger partial charge in [-0.2, -0.15) is 0 Å². The predicted octanol–water partition coefficient (Wildman–Crippen LogP) is 2.49. The number of carbonyl (C=O) groups excluding carboxylic acids is 3. The molecule has 2 aliphatic carbocycles. The summed E-state index contributed by atoms with van der Waals surface area (Å²) >= 11 is 0. The van der Waals surface area contributed by atoms with Crippen LogP contribution in [0, 0.1) is 11.8 Å². The highest BCUT2D eigenvalue weighted by Gasteiger charge is 2.83. The number of fused-ring (bicyclic) bond motifs is 1. The normalized spacial score (nSPS) is 29.4. The van der Waals surface area contributed by atoms with Crippen molar-refractivity contribution < 1.29 is 69.1 Å². The molecular formula is C40H41NO14. The van der Waals surface area contributed by atoms with E-state index >= 15 is 0 Å². The lowest BCUT2D eigenvalue weighted by Gasteiger charge is -2.68. The summed E-state index contributed by atoms with van der Waals surface area (Å²) in [5.74, 6) is -9.69. The van der Waals surface area contributed by atoms with Crippen molar-refractivity contribution in [2.75, 3.05) is 13.7 Å². The minimum atomic E-state index is -2.77. The molecule has 15 heteroatoms. The Kier molecular flexibility index (Phi) is 10.3. The van der Waals surface area contributed by atoms with Crippen LogP contribution in [0.1, 0.15) is 46.8 Å². The topological polar surface area (TPSA) is 250 Å². The highest BCUT2D eigenvalue weighted by Crippen LogP contribution is 2.62. The molecule has 4 aliphatic rings. The summed E-state index contributed by atoms with van der Waals surface area (Å²) < 4.78 is 18.6. The molecule has 2 fully saturated rings. The smallest absolute Gasteiger partial charge is 0.336 e. The molecule has 0 amide bonds. The number of hydrogen-bond acceptors (Lipinski definition) is 14. The molecule has 0 aromatic heterocycles. The molecule has 2 bridgehead atoms. The molecule has 7 atom stereocenters. The maximum atomic E-state index is 14.0. The van der Waals surface area contributed by atoms with E-state index in [9.17, 15) is 54.9 Å². The van der Waals surface area contributed by atoms with Crippen LogP contribution in [-0.4, -0.2) is 102 Å². The molecule has 3 aromatic carbocycles. The van der Waals surface area contributed by atoms with Crippen LogP contribution >= 0.6 is 0 Å². The number of ether oxygens (including phenoxy) is 3. The fourth-order valence-electron chi connectivity index (χ4n) is 8.08. The SMILES string of the molecule is CCc1cccc(CC2C(OC(=O)CC(=O)c3ccc(O)c(O)c3)C3(OC(=O)C=Cc4ccc(O)c(O)c4)C4(C=CC(CO4)C3(O)NC)CC2(O)C(=O)O)c1. The number of phenols is 4. The van der Waals surface area contributed by atoms with Gasteiger partial charge in [-0.15, -0.1) is 0 Å². The van der Waals surface area contributed by atoms with Gasteiger partial charge in [0, 0.05) is 29.9 Å². The summed E-state index contributed by atoms with van der Waals surface area (Å²) in [5.41, 5.74) is -8.38. The number of ketones is 1. The number of Topliss-reactive ketones (excluding diaryl/α,β-unsaturated/α-hetero) is 1. The molecule has 1 spiro atoms. The van der Waals surface area contributed by atoms with Gasteiger partial charge in [0.05, 0.1) is 6.61 Å². The fraction of sp³-hybridized carbons (Fsp3) is 0.350. The van der Waals surface area contributed by atoms with Crippen LogP contribution in [0.5, 0.6) is 23.0 Å². The first kappa shape index (κ1) is 39.0. The van der Waals surface area contributed by atoms with Crippen molar-refractivity contribution in [3.8, 4) is 23.0 Å². The van der Waals surface area contributed by atoms with Crippen LogP contribution in [0.2, 0.25) is 0 Å². The van der Waals surface area contributed by atoms with Crippen molar-refractivity contribution in [2.24, 2.45) is 11.8 Å². The first-order valence-electron chi connectivity index (χ1n) is 17.5. The molecule has 8 N–H and O–H groups in total. The number of carboxylic acid groups (broad SMARTS) is 1. The minimum absolute atomic E-state index is 0.177. The Morgan fingerprint density at radius 1 is 0.927 bits per heavy atom. The first-order chi connectivity index (χ1) is 26.0. The van der Waals surface area contributed by atoms with Gasteiger partial charge in [0.25, 0.3) is 0 Å². The number of rotatable bonds is 12. The number of carboxylic acids is 1. The van der Waals surface area contributed by atoms with Crippen LogP contribution < -0.4 is 5.32 Å². The van der Waals surface area contributed by atoms with Gasteiger partial charge >= 0.3 is 17.9 Å². The number of aryl methyl sites for hydroxylation is 1. The lowest BCUT2D eigenvalue weighted by Crippen LogP contribution is -2.90. The molecule has 2 aliphatic heterocycles. The Labute approximate surface area is 314 Å². The zero-order valence-corrected chi connectivity index (χ0v) is 29.8. The average Bonchev–Trinajstić information content (AvgIpc) is 3.15. The van der Waals surface area contributed by atoms with E-state index in [0.29, 0.717) is 12.0 Å². The average molecular weight is 760 g/mol. The van der Waals surface area contributed by atoms with Gasteiger partial charge in [0.1, 0.15) is 12.0 Å². The minimum Gasteiger partial charge on any atom is -0.504 e. The summed E-state index contributed by atoms with van der Waals surface area (Å²) in [5, 5.41) is 78.0. The number of aliphatic hydroxyl groups is 2. The third-order valence-electron chi connectivity index (χ3n) is 10.9. The zero-order valence-electron chi connectivity index (χ0n) is 29.8. The van der Waals surface area contributed by atoms with Crippen molar-refractivity contribution in [2.45, 2.75) is 61.2 Å². The molecule has 290 valence electrons. The third-order valence-corrected chi connectivity index (χ3v) is 10.9. The molecule has 2 heterocycles. The van der Waals surface area contributed by atoms with Gasteiger partial charge in [-0.1, -0.05) is 49.4 Å². The van der Waals surface area contributed by atoms with Crippen LogP contribution in [0.3, 0.4) is 0 Å². The summed E-state index contributed by atoms with van der Waals surface area (Å²) in [4.78, 5) is 54.5. The second kappa shape index (κ2) is 14.5. The molecule has 55 heavy (non-hydrogen) atoms. The van der Waals surface area contributed by atoms with Crippen molar-refractivity contribution in [1.29, 1.82) is 0 Å². The third kappa shape index (κ3) is 6.58. The number of hydrogen-bond donors (Lipinski definition) is 8. The second-order valence-electron chi connectivity index (χ2n) is 14.0. The van der Waals surface area contributed by atoms with Gasteiger partial charge in [-0.3, -0.25) is 14.9 Å². The number of likely N-dealkylation sites (N-methyl/N-ethyl adjacent to an activating group) is 1. The van der Waals surface area contributed by atoms with Crippen molar-refractivity contribution in [1.82, 2.24) is 5.32 Å². The van der Waals surface area contributed by atoms with E-state index in [-0.39, 0.29) is 24.2 Å². The Morgan fingerprint density at radius 3 is 2.24 bits per heavy atom. The van der Waals surface area contributed by atoms with Crippen LogP contribution in [0.15, 0.2) is 78.9 Å². The molecular weight excluding hydrogens is 718 g/mol. The maximum absolute atomic E-state index is 14.0. The Balaban J connectivity index is 1.52. The summed E-state index contributed by atoms with van der Waals surface area (Å²) in [6, 6.07) is 13.9. The summed E-state index contributed by atoms with van der Waals surface area (Å²) in [6.45, 7) is 1.67. The summed E-state index contributed by atoms with van der Waals surface area (Å²) in [6.07, 6.45) is 1.55. The van der Waals surface area contributed by atoms with Crippen molar-refractivity contribution >= 4 is 29.8 Å². The van der Waals surface area contributed by atoms with Gasteiger partial charge in [-0.25, -0.2) is 9.59 Å². The quantitative estimate of drug-likeness (QED) is 0.0251. The standard InChI is InChI=1S/C40H41NO14/c1-3-22-5-4-6-24(15-22)16-27-35(54-34(48)19-30(44)25-9-11-29(43)32(46)18-25)39(55-33(47)12-8-23-7-10-28(42)31(45)17-23)37(21-38(27,51)36(49)50)14-13-26(20-53-37)40(39,52)41-2/h4-15,17-18,26-27,35,41-43,45-46,51-52H,3,16,19-21H2,1-2H3,(H,49,50). The largest absolute Gasteiger partial charge is 0.504 e. The van der Waals surface area contributed by atoms with Crippen molar-refractivity contribution in [3.05, 3.63) is 101 Å². The van der Waals surface area contributed by atoms with Gasteiger partial charge in [0.15, 0.2) is 46.2 Å². The fourth-order valence-corrected chi connectivity index (χ4v) is 8.08. The predicted molar refractivity (Wildman–Crippen MR) is 192 cm³/mol. The van der Waals surface area contributed by atoms with E-state index in [4.69, 9.17) is 14.2 Å². The Morgan fingerprint density at radius 2 is 1.62 bits per heavy atom. The lowest BCUT2D eigenvalue weighted by atomic mass is 9.49. The second-order valence-corrected chi connectivity index (χ2v) is 14.0. The molecule has 1 saturated carbocycles. The first-order valence-corrected chi connectivity index (χ1v) is 17.5. The van der Waals surface area contributed by atoms with E-state index in [2.05, 4.69) is 5.32 Å². The highest BCUT2D eigenvalue weighted by atomic mass is 16.6. The molecule has 7 rings (SSSR count).